The van der Waals surface area contributed by atoms with E-state index in [0.717, 1.165) is 19.5 Å². The molecule has 0 heterocycles. The number of hydrogen-bond donors (Lipinski definition) is 1. The molecule has 0 saturated heterocycles. The minimum atomic E-state index is 0.641. The summed E-state index contributed by atoms with van der Waals surface area (Å²) in [7, 11) is 0. The molecular formula is C16H25N. The van der Waals surface area contributed by atoms with E-state index in [-0.39, 0.29) is 0 Å². The molecule has 0 aliphatic carbocycles. The first-order valence-electron chi connectivity index (χ1n) is 6.75. The van der Waals surface area contributed by atoms with Crippen LogP contribution >= 0.6 is 0 Å². The summed E-state index contributed by atoms with van der Waals surface area (Å²) in [6.45, 7) is 8.21. The van der Waals surface area contributed by atoms with Crippen molar-refractivity contribution in [1.29, 1.82) is 0 Å². The van der Waals surface area contributed by atoms with Gasteiger partial charge in [0.25, 0.3) is 0 Å². The lowest BCUT2D eigenvalue weighted by Crippen LogP contribution is -2.22. The molecule has 0 fully saturated rings. The Bertz CT molecular complexity index is 292. The Morgan fingerprint density at radius 2 is 2.06 bits per heavy atom. The van der Waals surface area contributed by atoms with E-state index in [4.69, 9.17) is 0 Å². The lowest BCUT2D eigenvalue weighted by atomic mass is 9.93. The third kappa shape index (κ3) is 5.69. The maximum atomic E-state index is 3.79. The normalized spacial score (nSPS) is 12.3. The summed E-state index contributed by atoms with van der Waals surface area (Å²) in [6, 6.07) is 10.8. The maximum Gasteiger partial charge on any atom is 0.00201 e. The number of benzene rings is 1. The van der Waals surface area contributed by atoms with Crippen molar-refractivity contribution in [3.05, 3.63) is 48.6 Å². The van der Waals surface area contributed by atoms with E-state index in [1.54, 1.807) is 0 Å². The second-order valence-corrected chi connectivity index (χ2v) is 4.53. The van der Waals surface area contributed by atoms with E-state index < -0.39 is 0 Å². The first-order valence-corrected chi connectivity index (χ1v) is 6.75. The standard InChI is InChI=1S/C16H25N/c1-3-5-7-12-16(14-17-13-4-2)15-10-8-6-9-11-15/h3,6,8-11,16-17H,1,4-5,7,12-14H2,2H3. The van der Waals surface area contributed by atoms with E-state index in [0.29, 0.717) is 5.92 Å². The van der Waals surface area contributed by atoms with Crippen molar-refractivity contribution in [2.45, 2.75) is 38.5 Å². The molecule has 0 amide bonds. The molecule has 0 aromatic heterocycles. The van der Waals surface area contributed by atoms with Crippen LogP contribution in [0.15, 0.2) is 43.0 Å². The zero-order valence-corrected chi connectivity index (χ0v) is 11.0. The van der Waals surface area contributed by atoms with E-state index in [1.807, 2.05) is 6.08 Å². The van der Waals surface area contributed by atoms with Crippen LogP contribution in [0.3, 0.4) is 0 Å². The van der Waals surface area contributed by atoms with Gasteiger partial charge in [-0.25, -0.2) is 0 Å². The fraction of sp³-hybridized carbons (Fsp3) is 0.500. The fourth-order valence-corrected chi connectivity index (χ4v) is 2.07. The summed E-state index contributed by atoms with van der Waals surface area (Å²) in [5.41, 5.74) is 1.46. The average Bonchev–Trinajstić information content (AvgIpc) is 2.38. The van der Waals surface area contributed by atoms with Gasteiger partial charge >= 0.3 is 0 Å². The van der Waals surface area contributed by atoms with Crippen molar-refractivity contribution < 1.29 is 0 Å². The Labute approximate surface area is 106 Å². The molecule has 1 heteroatoms. The van der Waals surface area contributed by atoms with Gasteiger partial charge in [-0.3, -0.25) is 0 Å². The first-order chi connectivity index (χ1) is 8.38. The molecule has 94 valence electrons. The van der Waals surface area contributed by atoms with Gasteiger partial charge in [0.1, 0.15) is 0 Å². The molecule has 1 nitrogen and oxygen atoms in total. The van der Waals surface area contributed by atoms with Gasteiger partial charge in [-0.1, -0.05) is 43.3 Å². The SMILES string of the molecule is C=CCCCC(CNCCC)c1ccccc1. The highest BCUT2D eigenvalue weighted by atomic mass is 14.8. The minimum absolute atomic E-state index is 0.641. The van der Waals surface area contributed by atoms with Crippen LogP contribution in [-0.2, 0) is 0 Å². The molecule has 1 N–H and O–H groups in total. The van der Waals surface area contributed by atoms with E-state index in [2.05, 4.69) is 49.2 Å². The van der Waals surface area contributed by atoms with Gasteiger partial charge in [0.2, 0.25) is 0 Å². The van der Waals surface area contributed by atoms with Gasteiger partial charge in [-0.05, 0) is 43.7 Å². The van der Waals surface area contributed by atoms with Crippen molar-refractivity contribution in [2.24, 2.45) is 0 Å². The lowest BCUT2D eigenvalue weighted by Gasteiger charge is -2.17. The summed E-state index contributed by atoms with van der Waals surface area (Å²) in [6.07, 6.45) is 6.82. The summed E-state index contributed by atoms with van der Waals surface area (Å²) >= 11 is 0. The second kappa shape index (κ2) is 9.00. The molecule has 0 aliphatic heterocycles. The van der Waals surface area contributed by atoms with Crippen molar-refractivity contribution >= 4 is 0 Å². The lowest BCUT2D eigenvalue weighted by molar-refractivity contribution is 0.534. The van der Waals surface area contributed by atoms with E-state index >= 15 is 0 Å². The number of hydrogen-bond acceptors (Lipinski definition) is 1. The van der Waals surface area contributed by atoms with Crippen LogP contribution in [0.5, 0.6) is 0 Å². The van der Waals surface area contributed by atoms with Gasteiger partial charge < -0.3 is 5.32 Å². The Kier molecular flexibility index (Phi) is 7.40. The van der Waals surface area contributed by atoms with Crippen LogP contribution < -0.4 is 5.32 Å². The van der Waals surface area contributed by atoms with Crippen molar-refractivity contribution in [3.8, 4) is 0 Å². The third-order valence-electron chi connectivity index (χ3n) is 3.05. The molecule has 0 aliphatic rings. The summed E-state index contributed by atoms with van der Waals surface area (Å²) < 4.78 is 0. The van der Waals surface area contributed by atoms with E-state index in [9.17, 15) is 0 Å². The van der Waals surface area contributed by atoms with Crippen LogP contribution in [0.1, 0.15) is 44.1 Å². The Morgan fingerprint density at radius 1 is 1.29 bits per heavy atom. The monoisotopic (exact) mass is 231 g/mol. The maximum absolute atomic E-state index is 3.79. The quantitative estimate of drug-likeness (QED) is 0.498. The fourth-order valence-electron chi connectivity index (χ4n) is 2.07. The molecule has 1 atom stereocenters. The molecule has 17 heavy (non-hydrogen) atoms. The smallest absolute Gasteiger partial charge is 0.00201 e. The van der Waals surface area contributed by atoms with Gasteiger partial charge in [-0.15, -0.1) is 6.58 Å². The van der Waals surface area contributed by atoms with Gasteiger partial charge in [0.05, 0.1) is 0 Å². The Morgan fingerprint density at radius 3 is 2.71 bits per heavy atom. The molecule has 1 unspecified atom stereocenters. The number of nitrogens with one attached hydrogen (secondary N) is 1. The van der Waals surface area contributed by atoms with Gasteiger partial charge in [-0.2, -0.15) is 0 Å². The predicted octanol–water partition coefficient (Wildman–Crippen LogP) is 4.13. The van der Waals surface area contributed by atoms with Crippen LogP contribution in [0.25, 0.3) is 0 Å². The molecule has 1 aromatic rings. The number of unbranched alkanes of at least 4 members (excludes halogenated alkanes) is 1. The third-order valence-corrected chi connectivity index (χ3v) is 3.05. The highest BCUT2D eigenvalue weighted by Crippen LogP contribution is 2.21. The topological polar surface area (TPSA) is 12.0 Å². The zero-order chi connectivity index (χ0) is 12.3. The highest BCUT2D eigenvalue weighted by Gasteiger charge is 2.09. The van der Waals surface area contributed by atoms with Crippen molar-refractivity contribution in [3.63, 3.8) is 0 Å². The number of rotatable bonds is 9. The van der Waals surface area contributed by atoms with E-state index in [1.165, 1.54) is 24.8 Å². The molecule has 0 bridgehead atoms. The van der Waals surface area contributed by atoms with Crippen molar-refractivity contribution in [2.75, 3.05) is 13.1 Å². The van der Waals surface area contributed by atoms with Crippen molar-refractivity contribution in [1.82, 2.24) is 5.32 Å². The Balaban J connectivity index is 2.49. The first kappa shape index (κ1) is 14.0. The molecule has 1 aromatic carbocycles. The Hall–Kier alpha value is -1.08. The second-order valence-electron chi connectivity index (χ2n) is 4.53. The average molecular weight is 231 g/mol. The van der Waals surface area contributed by atoms with Crippen LogP contribution in [-0.4, -0.2) is 13.1 Å². The highest BCUT2D eigenvalue weighted by molar-refractivity contribution is 5.19. The van der Waals surface area contributed by atoms with Crippen LogP contribution in [0.4, 0.5) is 0 Å². The molecule has 1 rings (SSSR count). The summed E-state index contributed by atoms with van der Waals surface area (Å²) in [5.74, 6) is 0.641. The zero-order valence-electron chi connectivity index (χ0n) is 11.0. The number of allylic oxidation sites excluding steroid dienone is 1. The summed E-state index contributed by atoms with van der Waals surface area (Å²) in [4.78, 5) is 0. The molecule has 0 spiro atoms. The van der Waals surface area contributed by atoms with Crippen LogP contribution in [0, 0.1) is 0 Å². The van der Waals surface area contributed by atoms with Gasteiger partial charge in [0, 0.05) is 6.54 Å². The molecular weight excluding hydrogens is 206 g/mol. The molecule has 0 radical (unpaired) electrons. The largest absolute Gasteiger partial charge is 0.316 e. The minimum Gasteiger partial charge on any atom is -0.316 e. The summed E-state index contributed by atoms with van der Waals surface area (Å²) in [5, 5.41) is 3.53. The van der Waals surface area contributed by atoms with Crippen LogP contribution in [0.2, 0.25) is 0 Å². The van der Waals surface area contributed by atoms with Gasteiger partial charge in [0.15, 0.2) is 0 Å². The predicted molar refractivity (Wildman–Crippen MR) is 76.4 cm³/mol. The molecule has 0 saturated carbocycles.